The number of carbonyl (C=O) groups excluding carboxylic acids is 1. The molecule has 1 aromatic heterocycles. The summed E-state index contributed by atoms with van der Waals surface area (Å²) in [6.45, 7) is 10.3. The third-order valence-corrected chi connectivity index (χ3v) is 6.80. The molecule has 4 rings (SSSR count). The minimum atomic E-state index is -0.397. The number of amides is 1. The number of piperidine rings is 1. The van der Waals surface area contributed by atoms with Crippen LogP contribution in [0, 0.1) is 5.82 Å². The molecule has 1 amide bonds. The van der Waals surface area contributed by atoms with Gasteiger partial charge in [0, 0.05) is 37.2 Å². The van der Waals surface area contributed by atoms with Gasteiger partial charge in [0.15, 0.2) is 0 Å². The first-order valence-corrected chi connectivity index (χ1v) is 11.3. The van der Waals surface area contributed by atoms with Crippen LogP contribution in [0.1, 0.15) is 55.5 Å². The van der Waals surface area contributed by atoms with Gasteiger partial charge in [-0.3, -0.25) is 4.79 Å². The summed E-state index contributed by atoms with van der Waals surface area (Å²) in [6, 6.07) is 4.56. The lowest BCUT2D eigenvalue weighted by molar-refractivity contribution is 0.0754. The van der Waals surface area contributed by atoms with Gasteiger partial charge in [-0.05, 0) is 76.0 Å². The molecule has 166 valence electrons. The monoisotopic (exact) mass is 424 g/mol. The molecule has 1 saturated heterocycles. The Morgan fingerprint density at radius 3 is 2.71 bits per heavy atom. The van der Waals surface area contributed by atoms with Crippen molar-refractivity contribution in [1.82, 2.24) is 19.7 Å². The van der Waals surface area contributed by atoms with Crippen LogP contribution in [-0.4, -0.2) is 59.5 Å². The summed E-state index contributed by atoms with van der Waals surface area (Å²) >= 11 is 0. The Hall–Kier alpha value is -2.60. The molecule has 0 atom stereocenters. The van der Waals surface area contributed by atoms with Gasteiger partial charge in [-0.25, -0.2) is 4.39 Å². The normalized spacial score (nSPS) is 17.0. The van der Waals surface area contributed by atoms with Gasteiger partial charge in [0.1, 0.15) is 5.82 Å². The SMILES string of the molecule is CCN1CCC(c2cn(-c3ccc(F)cc3C(=O)N(C)C(C)C)c3c2=CCNC=3)CC1. The van der Waals surface area contributed by atoms with E-state index in [9.17, 15) is 9.18 Å². The Morgan fingerprint density at radius 1 is 1.29 bits per heavy atom. The number of halogens is 1. The average molecular weight is 425 g/mol. The summed E-state index contributed by atoms with van der Waals surface area (Å²) in [5, 5.41) is 5.58. The topological polar surface area (TPSA) is 40.5 Å². The summed E-state index contributed by atoms with van der Waals surface area (Å²) in [5.41, 5.74) is 2.45. The van der Waals surface area contributed by atoms with Gasteiger partial charge in [0.2, 0.25) is 0 Å². The van der Waals surface area contributed by atoms with Crippen LogP contribution in [0.2, 0.25) is 0 Å². The standard InChI is InChI=1S/C25H33FN4O/c1-5-29-12-9-18(10-13-29)22-16-30(24-15-27-11-8-20(22)24)23-7-6-19(26)14-21(23)25(31)28(4)17(2)3/h6-8,14-18,27H,5,9-13H2,1-4H3. The van der Waals surface area contributed by atoms with Crippen LogP contribution in [-0.2, 0) is 0 Å². The average Bonchev–Trinajstić information content (AvgIpc) is 3.17. The largest absolute Gasteiger partial charge is 0.386 e. The molecule has 0 aliphatic carbocycles. The minimum absolute atomic E-state index is 0.0306. The summed E-state index contributed by atoms with van der Waals surface area (Å²) in [6.07, 6.45) is 8.70. The molecular formula is C25H33FN4O. The maximum atomic E-state index is 14.2. The van der Waals surface area contributed by atoms with Crippen molar-refractivity contribution in [2.45, 2.75) is 45.6 Å². The number of hydrogen-bond acceptors (Lipinski definition) is 3. The maximum absolute atomic E-state index is 14.2. The van der Waals surface area contributed by atoms with E-state index in [0.29, 0.717) is 11.5 Å². The Balaban J connectivity index is 1.82. The maximum Gasteiger partial charge on any atom is 0.256 e. The van der Waals surface area contributed by atoms with E-state index in [1.807, 2.05) is 20.0 Å². The highest BCUT2D eigenvalue weighted by molar-refractivity contribution is 5.97. The lowest BCUT2D eigenvalue weighted by atomic mass is 9.90. The van der Waals surface area contributed by atoms with Crippen LogP contribution in [0.15, 0.2) is 24.4 Å². The Labute approximate surface area is 183 Å². The van der Waals surface area contributed by atoms with E-state index in [0.717, 1.165) is 50.1 Å². The molecule has 0 unspecified atom stereocenters. The lowest BCUT2D eigenvalue weighted by Gasteiger charge is -2.30. The number of benzene rings is 1. The van der Waals surface area contributed by atoms with Crippen molar-refractivity contribution >= 4 is 18.2 Å². The summed E-state index contributed by atoms with van der Waals surface area (Å²) in [4.78, 5) is 17.3. The summed E-state index contributed by atoms with van der Waals surface area (Å²) < 4.78 is 16.3. The molecule has 1 fully saturated rings. The quantitative estimate of drug-likeness (QED) is 0.802. The van der Waals surface area contributed by atoms with Gasteiger partial charge in [-0.2, -0.15) is 0 Å². The zero-order valence-electron chi connectivity index (χ0n) is 19.0. The molecule has 0 saturated carbocycles. The Bertz CT molecular complexity index is 1080. The first kappa shape index (κ1) is 21.6. The van der Waals surface area contributed by atoms with Crippen molar-refractivity contribution in [3.8, 4) is 5.69 Å². The van der Waals surface area contributed by atoms with E-state index < -0.39 is 5.82 Å². The number of rotatable bonds is 5. The van der Waals surface area contributed by atoms with Crippen molar-refractivity contribution in [2.75, 3.05) is 33.2 Å². The van der Waals surface area contributed by atoms with Crippen LogP contribution < -0.4 is 15.9 Å². The van der Waals surface area contributed by atoms with Gasteiger partial charge in [0.25, 0.3) is 5.91 Å². The first-order chi connectivity index (χ1) is 14.9. The van der Waals surface area contributed by atoms with Gasteiger partial charge in [-0.15, -0.1) is 0 Å². The van der Waals surface area contributed by atoms with Crippen LogP contribution in [0.4, 0.5) is 4.39 Å². The van der Waals surface area contributed by atoms with E-state index in [4.69, 9.17) is 0 Å². The predicted octanol–water partition coefficient (Wildman–Crippen LogP) is 2.42. The van der Waals surface area contributed by atoms with Crippen molar-refractivity contribution in [3.63, 3.8) is 0 Å². The molecular weight excluding hydrogens is 391 g/mol. The van der Waals surface area contributed by atoms with Crippen molar-refractivity contribution < 1.29 is 9.18 Å². The number of nitrogens with one attached hydrogen (secondary N) is 1. The highest BCUT2D eigenvalue weighted by Crippen LogP contribution is 2.27. The number of hydrogen-bond donors (Lipinski definition) is 1. The predicted molar refractivity (Wildman–Crippen MR) is 123 cm³/mol. The molecule has 2 aliphatic rings. The molecule has 2 aliphatic heterocycles. The van der Waals surface area contributed by atoms with Crippen molar-refractivity contribution in [3.05, 3.63) is 51.9 Å². The Kier molecular flexibility index (Phi) is 6.19. The number of aromatic nitrogens is 1. The third kappa shape index (κ3) is 4.13. The zero-order valence-corrected chi connectivity index (χ0v) is 19.0. The highest BCUT2D eigenvalue weighted by Gasteiger charge is 2.25. The van der Waals surface area contributed by atoms with Gasteiger partial charge in [0.05, 0.1) is 16.6 Å². The second-order valence-electron chi connectivity index (χ2n) is 8.89. The molecule has 5 nitrogen and oxygen atoms in total. The van der Waals surface area contributed by atoms with E-state index in [1.165, 1.54) is 22.9 Å². The van der Waals surface area contributed by atoms with E-state index in [-0.39, 0.29) is 11.9 Å². The van der Waals surface area contributed by atoms with Crippen molar-refractivity contribution in [2.24, 2.45) is 0 Å². The lowest BCUT2D eigenvalue weighted by Crippen LogP contribution is -2.39. The van der Waals surface area contributed by atoms with E-state index >= 15 is 0 Å². The third-order valence-electron chi connectivity index (χ3n) is 6.80. The molecule has 6 heteroatoms. The fraction of sp³-hybridized carbons (Fsp3) is 0.480. The van der Waals surface area contributed by atoms with Gasteiger partial charge in [-0.1, -0.05) is 13.0 Å². The fourth-order valence-electron chi connectivity index (χ4n) is 4.64. The highest BCUT2D eigenvalue weighted by atomic mass is 19.1. The van der Waals surface area contributed by atoms with Crippen LogP contribution in [0.3, 0.4) is 0 Å². The second kappa shape index (κ2) is 8.87. The number of likely N-dealkylation sites (tertiary alicyclic amines) is 1. The van der Waals surface area contributed by atoms with E-state index in [2.05, 4.69) is 34.0 Å². The Morgan fingerprint density at radius 2 is 2.03 bits per heavy atom. The van der Waals surface area contributed by atoms with Crippen LogP contribution in [0.5, 0.6) is 0 Å². The molecule has 31 heavy (non-hydrogen) atoms. The van der Waals surface area contributed by atoms with E-state index in [1.54, 1.807) is 18.0 Å². The van der Waals surface area contributed by atoms with Gasteiger partial charge < -0.3 is 19.7 Å². The molecule has 3 heterocycles. The number of carbonyl (C=O) groups is 1. The molecule has 2 aromatic rings. The molecule has 0 spiro atoms. The van der Waals surface area contributed by atoms with Crippen LogP contribution >= 0.6 is 0 Å². The molecule has 0 radical (unpaired) electrons. The zero-order chi connectivity index (χ0) is 22.1. The van der Waals surface area contributed by atoms with Gasteiger partial charge >= 0.3 is 0 Å². The summed E-state index contributed by atoms with van der Waals surface area (Å²) in [7, 11) is 1.77. The number of fused-ring (bicyclic) bond motifs is 1. The molecule has 1 aromatic carbocycles. The fourth-order valence-corrected chi connectivity index (χ4v) is 4.64. The molecule has 0 bridgehead atoms. The smallest absolute Gasteiger partial charge is 0.256 e. The minimum Gasteiger partial charge on any atom is -0.386 e. The number of nitrogens with zero attached hydrogens (tertiary/aromatic N) is 3. The second-order valence-corrected chi connectivity index (χ2v) is 8.89. The summed E-state index contributed by atoms with van der Waals surface area (Å²) in [5.74, 6) is -0.0675. The van der Waals surface area contributed by atoms with Crippen molar-refractivity contribution in [1.29, 1.82) is 0 Å². The first-order valence-electron chi connectivity index (χ1n) is 11.3. The molecule has 1 N–H and O–H groups in total. The van der Waals surface area contributed by atoms with Crippen LogP contribution in [0.25, 0.3) is 18.0 Å².